The van der Waals surface area contributed by atoms with E-state index in [-0.39, 0.29) is 20.9 Å². The molecule has 0 unspecified atom stereocenters. The molecule has 0 radical (unpaired) electrons. The standard InChI is InChI=1S/C26H20N2O6S/c27-19-5-9-21(10-6-19)33-25(29)17-1-13-23(14-2-17)35(31,32)24-15-3-18(4-16-24)26(30)34-22-11-7-20(28)8-12-22/h1-16H,27-28H2. The summed E-state index contributed by atoms with van der Waals surface area (Å²) in [6.45, 7) is 0. The van der Waals surface area contributed by atoms with Crippen LogP contribution < -0.4 is 20.9 Å². The molecule has 4 N–H and O–H groups in total. The fourth-order valence-electron chi connectivity index (χ4n) is 3.08. The van der Waals surface area contributed by atoms with Crippen LogP contribution in [0.15, 0.2) is 107 Å². The van der Waals surface area contributed by atoms with Crippen LogP contribution in [0.4, 0.5) is 11.4 Å². The Hall–Kier alpha value is -4.63. The minimum Gasteiger partial charge on any atom is -0.423 e. The summed E-state index contributed by atoms with van der Waals surface area (Å²) in [5.41, 5.74) is 12.6. The number of carbonyl (C=O) groups excluding carboxylic acids is 2. The van der Waals surface area contributed by atoms with Crippen LogP contribution >= 0.6 is 0 Å². The van der Waals surface area contributed by atoms with Crippen molar-refractivity contribution >= 4 is 33.2 Å². The van der Waals surface area contributed by atoms with Gasteiger partial charge in [-0.15, -0.1) is 0 Å². The number of rotatable bonds is 6. The molecule has 176 valence electrons. The molecular formula is C26H20N2O6S. The molecule has 0 saturated heterocycles. The van der Waals surface area contributed by atoms with Crippen molar-refractivity contribution in [1.29, 1.82) is 0 Å². The Balaban J connectivity index is 1.45. The maximum atomic E-state index is 13.0. The second-order valence-electron chi connectivity index (χ2n) is 7.47. The van der Waals surface area contributed by atoms with E-state index >= 15 is 0 Å². The molecule has 4 aromatic carbocycles. The number of benzene rings is 4. The average molecular weight is 489 g/mol. The first kappa shape index (κ1) is 23.5. The Kier molecular flexibility index (Phi) is 6.52. The predicted molar refractivity (Wildman–Crippen MR) is 130 cm³/mol. The van der Waals surface area contributed by atoms with Gasteiger partial charge in [0, 0.05) is 11.4 Å². The maximum absolute atomic E-state index is 13.0. The Morgan fingerprint density at radius 3 is 1.14 bits per heavy atom. The lowest BCUT2D eigenvalue weighted by atomic mass is 10.2. The number of ether oxygens (including phenoxy) is 2. The lowest BCUT2D eigenvalue weighted by Gasteiger charge is -2.08. The lowest BCUT2D eigenvalue weighted by molar-refractivity contribution is 0.0725. The highest BCUT2D eigenvalue weighted by atomic mass is 32.2. The fraction of sp³-hybridized carbons (Fsp3) is 0. The SMILES string of the molecule is Nc1ccc(OC(=O)c2ccc(S(=O)(=O)c3ccc(C(=O)Oc4ccc(N)cc4)cc3)cc2)cc1. The summed E-state index contributed by atoms with van der Waals surface area (Å²) in [6.07, 6.45) is 0. The van der Waals surface area contributed by atoms with Gasteiger partial charge in [-0.05, 0) is 97.1 Å². The third-order valence-electron chi connectivity index (χ3n) is 4.98. The molecule has 0 aromatic heterocycles. The maximum Gasteiger partial charge on any atom is 0.343 e. The van der Waals surface area contributed by atoms with E-state index in [1.807, 2.05) is 0 Å². The lowest BCUT2D eigenvalue weighted by Crippen LogP contribution is -2.10. The number of nitrogens with two attached hydrogens (primary N) is 2. The van der Waals surface area contributed by atoms with Gasteiger partial charge >= 0.3 is 11.9 Å². The normalized spacial score (nSPS) is 11.0. The van der Waals surface area contributed by atoms with Crippen molar-refractivity contribution in [3.63, 3.8) is 0 Å². The zero-order valence-corrected chi connectivity index (χ0v) is 19.1. The summed E-state index contributed by atoms with van der Waals surface area (Å²) in [5, 5.41) is 0. The van der Waals surface area contributed by atoms with Gasteiger partial charge in [-0.25, -0.2) is 18.0 Å². The summed E-state index contributed by atoms with van der Waals surface area (Å²) in [5.74, 6) is -0.641. The van der Waals surface area contributed by atoms with Gasteiger partial charge in [-0.1, -0.05) is 0 Å². The first-order valence-electron chi connectivity index (χ1n) is 10.3. The van der Waals surface area contributed by atoms with Crippen LogP contribution in [0.2, 0.25) is 0 Å². The van der Waals surface area contributed by atoms with Crippen LogP contribution in [-0.4, -0.2) is 20.4 Å². The zero-order chi connectivity index (χ0) is 25.0. The van der Waals surface area contributed by atoms with Crippen molar-refractivity contribution in [2.45, 2.75) is 9.79 Å². The number of hydrogen-bond acceptors (Lipinski definition) is 8. The molecule has 0 atom stereocenters. The smallest absolute Gasteiger partial charge is 0.343 e. The molecule has 0 heterocycles. The molecule has 0 spiro atoms. The second kappa shape index (κ2) is 9.70. The third-order valence-corrected chi connectivity index (χ3v) is 6.77. The van der Waals surface area contributed by atoms with Crippen LogP contribution in [0, 0.1) is 0 Å². The second-order valence-corrected chi connectivity index (χ2v) is 9.42. The van der Waals surface area contributed by atoms with Gasteiger partial charge in [-0.2, -0.15) is 0 Å². The number of carbonyl (C=O) groups is 2. The fourth-order valence-corrected chi connectivity index (χ4v) is 4.34. The van der Waals surface area contributed by atoms with E-state index in [0.29, 0.717) is 22.9 Å². The molecule has 0 amide bonds. The number of anilines is 2. The van der Waals surface area contributed by atoms with Gasteiger partial charge < -0.3 is 20.9 Å². The molecule has 0 aliphatic rings. The van der Waals surface area contributed by atoms with Gasteiger partial charge in [0.15, 0.2) is 0 Å². The Morgan fingerprint density at radius 1 is 0.514 bits per heavy atom. The molecule has 4 rings (SSSR count). The average Bonchev–Trinajstić information content (AvgIpc) is 2.87. The van der Waals surface area contributed by atoms with Crippen molar-refractivity contribution in [2.75, 3.05) is 11.5 Å². The van der Waals surface area contributed by atoms with E-state index < -0.39 is 21.8 Å². The Morgan fingerprint density at radius 2 is 0.829 bits per heavy atom. The number of nitrogen functional groups attached to an aromatic ring is 2. The predicted octanol–water partition coefficient (Wildman–Crippen LogP) is 4.12. The van der Waals surface area contributed by atoms with E-state index in [0.717, 1.165) is 0 Å². The summed E-state index contributed by atoms with van der Waals surface area (Å²) in [4.78, 5) is 24.6. The molecule has 0 aliphatic carbocycles. The first-order valence-corrected chi connectivity index (χ1v) is 11.8. The molecule has 0 saturated carbocycles. The molecule has 9 heteroatoms. The first-order chi connectivity index (χ1) is 16.7. The van der Waals surface area contributed by atoms with E-state index in [9.17, 15) is 18.0 Å². The quantitative estimate of drug-likeness (QED) is 0.235. The van der Waals surface area contributed by atoms with E-state index in [4.69, 9.17) is 20.9 Å². The van der Waals surface area contributed by atoms with Crippen LogP contribution in [0.3, 0.4) is 0 Å². The molecule has 0 bridgehead atoms. The van der Waals surface area contributed by atoms with E-state index in [2.05, 4.69) is 0 Å². The van der Waals surface area contributed by atoms with Gasteiger partial charge in [0.1, 0.15) is 11.5 Å². The Bertz CT molecular complexity index is 1350. The monoisotopic (exact) mass is 488 g/mol. The third kappa shape index (κ3) is 5.48. The molecule has 4 aromatic rings. The minimum atomic E-state index is -3.88. The van der Waals surface area contributed by atoms with Crippen LogP contribution in [0.1, 0.15) is 20.7 Å². The van der Waals surface area contributed by atoms with Crippen molar-refractivity contribution in [2.24, 2.45) is 0 Å². The van der Waals surface area contributed by atoms with Crippen LogP contribution in [-0.2, 0) is 9.84 Å². The van der Waals surface area contributed by atoms with Gasteiger partial charge in [0.25, 0.3) is 0 Å². The van der Waals surface area contributed by atoms with Crippen molar-refractivity contribution in [3.8, 4) is 11.5 Å². The topological polar surface area (TPSA) is 139 Å². The highest BCUT2D eigenvalue weighted by Gasteiger charge is 2.20. The number of hydrogen-bond donors (Lipinski definition) is 2. The van der Waals surface area contributed by atoms with E-state index in [1.54, 1.807) is 48.5 Å². The van der Waals surface area contributed by atoms with Crippen LogP contribution in [0.25, 0.3) is 0 Å². The summed E-state index contributed by atoms with van der Waals surface area (Å²) >= 11 is 0. The van der Waals surface area contributed by atoms with Crippen molar-refractivity contribution in [3.05, 3.63) is 108 Å². The molecular weight excluding hydrogens is 468 g/mol. The molecule has 35 heavy (non-hydrogen) atoms. The van der Waals surface area contributed by atoms with Crippen molar-refractivity contribution < 1.29 is 27.5 Å². The van der Waals surface area contributed by atoms with Gasteiger partial charge in [0.05, 0.1) is 20.9 Å². The number of esters is 2. The Labute approximate surface area is 201 Å². The summed E-state index contributed by atoms with van der Waals surface area (Å²) in [6, 6.07) is 23.4. The highest BCUT2D eigenvalue weighted by Crippen LogP contribution is 2.23. The molecule has 8 nitrogen and oxygen atoms in total. The van der Waals surface area contributed by atoms with Crippen molar-refractivity contribution in [1.82, 2.24) is 0 Å². The van der Waals surface area contributed by atoms with E-state index in [1.165, 1.54) is 48.5 Å². The van der Waals surface area contributed by atoms with Gasteiger partial charge in [0.2, 0.25) is 9.84 Å². The van der Waals surface area contributed by atoms with Gasteiger partial charge in [-0.3, -0.25) is 0 Å². The number of sulfone groups is 1. The summed E-state index contributed by atoms with van der Waals surface area (Å²) < 4.78 is 36.5. The zero-order valence-electron chi connectivity index (χ0n) is 18.3. The molecule has 0 aliphatic heterocycles. The summed E-state index contributed by atoms with van der Waals surface area (Å²) in [7, 11) is -3.88. The largest absolute Gasteiger partial charge is 0.423 e. The highest BCUT2D eigenvalue weighted by molar-refractivity contribution is 7.91. The molecule has 0 fully saturated rings. The van der Waals surface area contributed by atoms with Crippen LogP contribution in [0.5, 0.6) is 11.5 Å². The minimum absolute atomic E-state index is 0.0151.